The molecule has 9 heteroatoms. The van der Waals surface area contributed by atoms with Gasteiger partial charge in [-0.25, -0.2) is 13.0 Å². The molecular formula is C38H39N2O5S2+. The smallest absolute Gasteiger partial charge is 0.200 e. The second kappa shape index (κ2) is 15.5. The van der Waals surface area contributed by atoms with Crippen molar-refractivity contribution in [1.29, 1.82) is 0 Å². The fourth-order valence-electron chi connectivity index (χ4n) is 5.79. The van der Waals surface area contributed by atoms with Crippen molar-refractivity contribution in [3.63, 3.8) is 0 Å². The lowest BCUT2D eigenvalue weighted by molar-refractivity contribution is -0.539. The number of hydrogen-bond donors (Lipinski definition) is 3. The van der Waals surface area contributed by atoms with Crippen LogP contribution in [0.5, 0.6) is 5.75 Å². The third-order valence-electron chi connectivity index (χ3n) is 8.16. The highest BCUT2D eigenvalue weighted by Gasteiger charge is 2.20. The van der Waals surface area contributed by atoms with Crippen molar-refractivity contribution in [3.8, 4) is 5.75 Å². The SMILES string of the molecule is CCN(Cc1cccc(S(=O)O)c1)c1ccc(C(=C2C=CC(=[N+](CC)Cc3cccc(C)c3)C=C2)c2ccc(O)cc2S(=O)O)cc1. The molecule has 2 unspecified atom stereocenters. The molecule has 47 heavy (non-hydrogen) atoms. The van der Waals surface area contributed by atoms with Crippen LogP contribution in [0.2, 0.25) is 0 Å². The summed E-state index contributed by atoms with van der Waals surface area (Å²) in [6.07, 6.45) is 8.21. The molecule has 4 aromatic carbocycles. The van der Waals surface area contributed by atoms with E-state index in [1.165, 1.54) is 23.3 Å². The summed E-state index contributed by atoms with van der Waals surface area (Å²) in [5.74, 6) is -0.0846. The van der Waals surface area contributed by atoms with E-state index in [0.717, 1.165) is 46.8 Å². The summed E-state index contributed by atoms with van der Waals surface area (Å²) in [4.78, 5) is 2.65. The van der Waals surface area contributed by atoms with Crippen LogP contribution < -0.4 is 4.90 Å². The van der Waals surface area contributed by atoms with Crippen LogP contribution in [0.3, 0.4) is 0 Å². The molecule has 0 amide bonds. The summed E-state index contributed by atoms with van der Waals surface area (Å²) in [5.41, 5.74) is 8.45. The Morgan fingerprint density at radius 3 is 2.13 bits per heavy atom. The van der Waals surface area contributed by atoms with Crippen molar-refractivity contribution >= 4 is 39.1 Å². The zero-order valence-corrected chi connectivity index (χ0v) is 28.3. The predicted molar refractivity (Wildman–Crippen MR) is 191 cm³/mol. The van der Waals surface area contributed by atoms with E-state index in [2.05, 4.69) is 66.7 Å². The van der Waals surface area contributed by atoms with Crippen molar-refractivity contribution in [2.45, 2.75) is 43.7 Å². The topological polar surface area (TPSA) is 101 Å². The lowest BCUT2D eigenvalue weighted by Crippen LogP contribution is -2.22. The van der Waals surface area contributed by atoms with Gasteiger partial charge in [-0.15, -0.1) is 0 Å². The van der Waals surface area contributed by atoms with Gasteiger partial charge in [0, 0.05) is 42.1 Å². The predicted octanol–water partition coefficient (Wildman–Crippen LogP) is 7.49. The van der Waals surface area contributed by atoms with Gasteiger partial charge in [0.1, 0.15) is 12.3 Å². The van der Waals surface area contributed by atoms with Crippen LogP contribution in [0.25, 0.3) is 5.57 Å². The van der Waals surface area contributed by atoms with Crippen LogP contribution in [-0.4, -0.2) is 46.0 Å². The molecule has 0 saturated carbocycles. The number of hydrogen-bond acceptors (Lipinski definition) is 4. The van der Waals surface area contributed by atoms with E-state index in [1.54, 1.807) is 24.3 Å². The molecule has 0 heterocycles. The maximum Gasteiger partial charge on any atom is 0.200 e. The van der Waals surface area contributed by atoms with Gasteiger partial charge in [0.15, 0.2) is 34.4 Å². The van der Waals surface area contributed by atoms with Crippen molar-refractivity contribution in [2.75, 3.05) is 18.0 Å². The van der Waals surface area contributed by atoms with Crippen LogP contribution >= 0.6 is 0 Å². The van der Waals surface area contributed by atoms with Crippen molar-refractivity contribution in [3.05, 3.63) is 149 Å². The van der Waals surface area contributed by atoms with E-state index in [0.29, 0.717) is 23.5 Å². The molecule has 7 nitrogen and oxygen atoms in total. The number of phenols is 1. The minimum atomic E-state index is -2.33. The Morgan fingerprint density at radius 1 is 0.787 bits per heavy atom. The summed E-state index contributed by atoms with van der Waals surface area (Å²) < 4.78 is 46.1. The number of aromatic hydroxyl groups is 1. The summed E-state index contributed by atoms with van der Waals surface area (Å²) >= 11 is -4.38. The molecular weight excluding hydrogens is 629 g/mol. The van der Waals surface area contributed by atoms with Crippen LogP contribution in [0.4, 0.5) is 5.69 Å². The number of rotatable bonds is 11. The summed E-state index contributed by atoms with van der Waals surface area (Å²) in [7, 11) is 0. The number of aryl methyl sites for hydroxylation is 1. The molecule has 0 aromatic heterocycles. The second-order valence-corrected chi connectivity index (χ2v) is 13.2. The highest BCUT2D eigenvalue weighted by atomic mass is 32.2. The van der Waals surface area contributed by atoms with Gasteiger partial charge in [0.25, 0.3) is 0 Å². The lowest BCUT2D eigenvalue weighted by atomic mass is 9.90. The molecule has 0 aliphatic heterocycles. The van der Waals surface area contributed by atoms with Gasteiger partial charge in [-0.05, 0) is 104 Å². The van der Waals surface area contributed by atoms with E-state index in [9.17, 15) is 22.6 Å². The van der Waals surface area contributed by atoms with E-state index < -0.39 is 22.2 Å². The molecule has 0 radical (unpaired) electrons. The van der Waals surface area contributed by atoms with Gasteiger partial charge in [-0.2, -0.15) is 0 Å². The third-order valence-corrected chi connectivity index (χ3v) is 9.53. The molecule has 242 valence electrons. The Hall–Kier alpha value is -4.41. The summed E-state index contributed by atoms with van der Waals surface area (Å²) in [5, 5.41) is 10.2. The first kappa shape index (κ1) is 33.9. The van der Waals surface area contributed by atoms with Crippen LogP contribution in [0.15, 0.2) is 131 Å². The number of benzene rings is 4. The van der Waals surface area contributed by atoms with Crippen LogP contribution in [0.1, 0.15) is 41.7 Å². The van der Waals surface area contributed by atoms with E-state index >= 15 is 0 Å². The van der Waals surface area contributed by atoms with Crippen molar-refractivity contribution < 1.29 is 27.2 Å². The second-order valence-electron chi connectivity index (χ2n) is 11.3. The van der Waals surface area contributed by atoms with Gasteiger partial charge < -0.3 is 19.1 Å². The Bertz CT molecular complexity index is 1930. The van der Waals surface area contributed by atoms with E-state index in [1.807, 2.05) is 42.5 Å². The van der Waals surface area contributed by atoms with Gasteiger partial charge in [0.2, 0.25) is 0 Å². The molecule has 5 rings (SSSR count). The molecule has 4 aromatic rings. The first-order valence-electron chi connectivity index (χ1n) is 15.4. The zero-order valence-electron chi connectivity index (χ0n) is 26.7. The van der Waals surface area contributed by atoms with E-state index in [4.69, 9.17) is 0 Å². The molecule has 0 fully saturated rings. The van der Waals surface area contributed by atoms with Gasteiger partial charge >= 0.3 is 0 Å². The first-order valence-corrected chi connectivity index (χ1v) is 17.7. The summed E-state index contributed by atoms with van der Waals surface area (Å²) in [6, 6.07) is 28.2. The number of anilines is 1. The quantitative estimate of drug-likeness (QED) is 0.113. The molecule has 3 N–H and O–H groups in total. The first-order chi connectivity index (χ1) is 22.7. The minimum absolute atomic E-state index is 0.0846. The normalized spacial score (nSPS) is 13.8. The summed E-state index contributed by atoms with van der Waals surface area (Å²) in [6.45, 7) is 9.15. The molecule has 0 saturated heterocycles. The number of allylic oxidation sites excluding steroid dienone is 5. The zero-order chi connectivity index (χ0) is 33.5. The largest absolute Gasteiger partial charge is 0.508 e. The number of phenolic OH excluding ortho intramolecular Hbond substituents is 1. The van der Waals surface area contributed by atoms with Crippen LogP contribution in [0, 0.1) is 6.92 Å². The minimum Gasteiger partial charge on any atom is -0.508 e. The Labute approximate surface area is 281 Å². The maximum absolute atomic E-state index is 12.5. The Kier molecular flexibility index (Phi) is 11.2. The van der Waals surface area contributed by atoms with Crippen molar-refractivity contribution in [1.82, 2.24) is 0 Å². The molecule has 1 aliphatic rings. The Morgan fingerprint density at radius 2 is 1.49 bits per heavy atom. The molecule has 0 spiro atoms. The molecule has 0 bridgehead atoms. The standard InChI is InChI=1S/C38H38N2O5S2/c1-4-39(25-28-9-6-8-27(3)22-28)32-16-12-30(13-17-32)38(36-21-20-34(41)24-37(36)47(44)45)31-14-18-33(19-15-31)40(5-2)26-29-10-7-11-35(23-29)46(42)43/h6-24H,4-5,25-26H2,1-3H3,(H2,42,43,44,45)/p+1. The van der Waals surface area contributed by atoms with Gasteiger partial charge in [-0.3, -0.25) is 0 Å². The average Bonchev–Trinajstić information content (AvgIpc) is 3.07. The third kappa shape index (κ3) is 8.31. The maximum atomic E-state index is 12.5. The van der Waals surface area contributed by atoms with Gasteiger partial charge in [-0.1, -0.05) is 48.0 Å². The Balaban J connectivity index is 1.54. The van der Waals surface area contributed by atoms with Crippen LogP contribution in [-0.2, 0) is 35.3 Å². The van der Waals surface area contributed by atoms with Crippen molar-refractivity contribution in [2.24, 2.45) is 0 Å². The molecule has 1 aliphatic carbocycles. The fraction of sp³-hybridized carbons (Fsp3) is 0.184. The van der Waals surface area contributed by atoms with Gasteiger partial charge in [0.05, 0.1) is 9.79 Å². The molecule has 2 atom stereocenters. The highest BCUT2D eigenvalue weighted by molar-refractivity contribution is 7.79. The van der Waals surface area contributed by atoms with E-state index in [-0.39, 0.29) is 10.6 Å². The monoisotopic (exact) mass is 667 g/mol. The average molecular weight is 668 g/mol. The fourth-order valence-corrected chi connectivity index (χ4v) is 6.82. The highest BCUT2D eigenvalue weighted by Crippen LogP contribution is 2.35. The lowest BCUT2D eigenvalue weighted by Gasteiger charge is -2.24. The number of nitrogens with zero attached hydrogens (tertiary/aromatic N) is 2.